The topological polar surface area (TPSA) is 38.1 Å². The van der Waals surface area contributed by atoms with Crippen LogP contribution in [0.4, 0.5) is 4.39 Å². The first-order valence-corrected chi connectivity index (χ1v) is 9.41. The molecule has 0 aliphatic carbocycles. The third-order valence-corrected chi connectivity index (χ3v) is 5.26. The summed E-state index contributed by atoms with van der Waals surface area (Å²) in [7, 11) is 0. The van der Waals surface area contributed by atoms with Gasteiger partial charge in [0.25, 0.3) is 0 Å². The fourth-order valence-corrected chi connectivity index (χ4v) is 3.80. The summed E-state index contributed by atoms with van der Waals surface area (Å²) in [5.74, 6) is 0.665. The summed E-state index contributed by atoms with van der Waals surface area (Å²) in [4.78, 5) is 14.7. The normalized spacial score (nSPS) is 17.3. The van der Waals surface area contributed by atoms with Gasteiger partial charge in [-0.2, -0.15) is 5.10 Å². The quantitative estimate of drug-likeness (QED) is 0.815. The van der Waals surface area contributed by atoms with Gasteiger partial charge in [0.05, 0.1) is 12.1 Å². The van der Waals surface area contributed by atoms with E-state index in [9.17, 15) is 9.18 Å². The lowest BCUT2D eigenvalue weighted by molar-refractivity contribution is -0.129. The van der Waals surface area contributed by atoms with Crippen molar-refractivity contribution >= 4 is 5.91 Å². The number of aryl methyl sites for hydroxylation is 1. The van der Waals surface area contributed by atoms with Crippen LogP contribution in [-0.4, -0.2) is 33.7 Å². The van der Waals surface area contributed by atoms with Gasteiger partial charge in [0.1, 0.15) is 5.82 Å². The number of likely N-dealkylation sites (tertiary alicyclic amines) is 1. The SMILES string of the molecule is Cc1nn(CC(C)C)c(C)c1CC(=O)N1CC[C@H](c2cccc(F)c2)C1. The Bertz CT molecular complexity index is 797. The monoisotopic (exact) mass is 357 g/mol. The largest absolute Gasteiger partial charge is 0.342 e. The lowest BCUT2D eigenvalue weighted by Crippen LogP contribution is -2.30. The lowest BCUT2D eigenvalue weighted by Gasteiger charge is -2.17. The van der Waals surface area contributed by atoms with Crippen molar-refractivity contribution in [3.8, 4) is 0 Å². The Morgan fingerprint density at radius 2 is 2.12 bits per heavy atom. The molecule has 1 amide bonds. The second-order valence-corrected chi connectivity index (χ2v) is 7.78. The van der Waals surface area contributed by atoms with Crippen LogP contribution in [0.3, 0.4) is 0 Å². The van der Waals surface area contributed by atoms with Crippen molar-refractivity contribution in [1.82, 2.24) is 14.7 Å². The van der Waals surface area contributed by atoms with Gasteiger partial charge in [0.2, 0.25) is 5.91 Å². The van der Waals surface area contributed by atoms with Gasteiger partial charge in [-0.1, -0.05) is 26.0 Å². The highest BCUT2D eigenvalue weighted by molar-refractivity contribution is 5.79. The third-order valence-electron chi connectivity index (χ3n) is 5.26. The van der Waals surface area contributed by atoms with E-state index in [1.165, 1.54) is 6.07 Å². The molecule has 0 bridgehead atoms. The summed E-state index contributed by atoms with van der Waals surface area (Å²) in [6.07, 6.45) is 1.28. The summed E-state index contributed by atoms with van der Waals surface area (Å²) < 4.78 is 15.5. The van der Waals surface area contributed by atoms with Gasteiger partial charge in [0, 0.05) is 36.8 Å². The van der Waals surface area contributed by atoms with E-state index in [1.807, 2.05) is 29.5 Å². The van der Waals surface area contributed by atoms with E-state index < -0.39 is 0 Å². The Morgan fingerprint density at radius 3 is 2.81 bits per heavy atom. The Labute approximate surface area is 155 Å². The Balaban J connectivity index is 1.67. The van der Waals surface area contributed by atoms with Crippen LogP contribution in [-0.2, 0) is 17.8 Å². The van der Waals surface area contributed by atoms with E-state index in [1.54, 1.807) is 12.1 Å². The lowest BCUT2D eigenvalue weighted by atomic mass is 9.98. The van der Waals surface area contributed by atoms with Crippen molar-refractivity contribution in [2.75, 3.05) is 13.1 Å². The number of carbonyl (C=O) groups excluding carboxylic acids is 1. The second kappa shape index (κ2) is 7.60. The number of hydrogen-bond acceptors (Lipinski definition) is 2. The number of benzene rings is 1. The van der Waals surface area contributed by atoms with Crippen LogP contribution >= 0.6 is 0 Å². The molecule has 0 N–H and O–H groups in total. The van der Waals surface area contributed by atoms with Crippen LogP contribution in [0, 0.1) is 25.6 Å². The summed E-state index contributed by atoms with van der Waals surface area (Å²) in [6, 6.07) is 6.74. The minimum Gasteiger partial charge on any atom is -0.342 e. The van der Waals surface area contributed by atoms with E-state index >= 15 is 0 Å². The highest BCUT2D eigenvalue weighted by atomic mass is 19.1. The summed E-state index contributed by atoms with van der Waals surface area (Å²) in [6.45, 7) is 10.6. The predicted molar refractivity (Wildman–Crippen MR) is 101 cm³/mol. The van der Waals surface area contributed by atoms with Crippen LogP contribution in [0.1, 0.15) is 48.7 Å². The zero-order valence-corrected chi connectivity index (χ0v) is 16.1. The van der Waals surface area contributed by atoms with E-state index in [2.05, 4.69) is 18.9 Å². The van der Waals surface area contributed by atoms with Crippen LogP contribution in [0.25, 0.3) is 0 Å². The number of halogens is 1. The van der Waals surface area contributed by atoms with Crippen molar-refractivity contribution < 1.29 is 9.18 Å². The number of aromatic nitrogens is 2. The van der Waals surface area contributed by atoms with Crippen molar-refractivity contribution in [2.45, 2.75) is 53.0 Å². The van der Waals surface area contributed by atoms with E-state index in [4.69, 9.17) is 0 Å². The fourth-order valence-electron chi connectivity index (χ4n) is 3.80. The Morgan fingerprint density at radius 1 is 1.35 bits per heavy atom. The molecule has 0 spiro atoms. The molecule has 0 radical (unpaired) electrons. The van der Waals surface area contributed by atoms with Crippen molar-refractivity contribution in [3.05, 3.63) is 52.6 Å². The molecule has 1 atom stereocenters. The number of rotatable bonds is 5. The second-order valence-electron chi connectivity index (χ2n) is 7.78. The number of nitrogens with zero attached hydrogens (tertiary/aromatic N) is 3. The van der Waals surface area contributed by atoms with Crippen LogP contribution in [0.15, 0.2) is 24.3 Å². The van der Waals surface area contributed by atoms with Crippen LogP contribution in [0.2, 0.25) is 0 Å². The first kappa shape index (κ1) is 18.6. The molecule has 3 rings (SSSR count). The molecule has 0 unspecified atom stereocenters. The molecule has 1 aromatic carbocycles. The average Bonchev–Trinajstić information content (AvgIpc) is 3.16. The fraction of sp³-hybridized carbons (Fsp3) is 0.524. The molecule has 1 aromatic heterocycles. The molecule has 0 saturated carbocycles. The van der Waals surface area contributed by atoms with E-state index in [-0.39, 0.29) is 17.6 Å². The standard InChI is InChI=1S/C21H28FN3O/c1-14(2)12-25-16(4)20(15(3)23-25)11-21(26)24-9-8-18(13-24)17-6-5-7-19(22)10-17/h5-7,10,14,18H,8-9,11-13H2,1-4H3/t18-/m0/s1. The molecule has 2 heterocycles. The zero-order valence-electron chi connectivity index (χ0n) is 16.1. The van der Waals surface area contributed by atoms with Gasteiger partial charge < -0.3 is 4.90 Å². The average molecular weight is 357 g/mol. The highest BCUT2D eigenvalue weighted by Crippen LogP contribution is 2.28. The van der Waals surface area contributed by atoms with Gasteiger partial charge in [-0.15, -0.1) is 0 Å². The zero-order chi connectivity index (χ0) is 18.8. The first-order valence-electron chi connectivity index (χ1n) is 9.41. The van der Waals surface area contributed by atoms with Crippen molar-refractivity contribution in [3.63, 3.8) is 0 Å². The maximum absolute atomic E-state index is 13.5. The molecule has 140 valence electrons. The molecule has 26 heavy (non-hydrogen) atoms. The number of amides is 1. The smallest absolute Gasteiger partial charge is 0.227 e. The Hall–Kier alpha value is -2.17. The van der Waals surface area contributed by atoms with Gasteiger partial charge in [0.15, 0.2) is 0 Å². The number of carbonyl (C=O) groups is 1. The van der Waals surface area contributed by atoms with Gasteiger partial charge in [-0.3, -0.25) is 9.48 Å². The first-order chi connectivity index (χ1) is 12.3. The Kier molecular flexibility index (Phi) is 5.44. The summed E-state index contributed by atoms with van der Waals surface area (Å²) in [5.41, 5.74) is 4.06. The van der Waals surface area contributed by atoms with E-state index in [0.29, 0.717) is 18.9 Å². The minimum absolute atomic E-state index is 0.138. The third kappa shape index (κ3) is 3.97. The van der Waals surface area contributed by atoms with Crippen LogP contribution < -0.4 is 0 Å². The molecule has 1 aliphatic heterocycles. The number of hydrogen-bond donors (Lipinski definition) is 0. The molecule has 1 saturated heterocycles. The van der Waals surface area contributed by atoms with Crippen molar-refractivity contribution in [1.29, 1.82) is 0 Å². The van der Waals surface area contributed by atoms with Gasteiger partial charge >= 0.3 is 0 Å². The summed E-state index contributed by atoms with van der Waals surface area (Å²) >= 11 is 0. The van der Waals surface area contributed by atoms with Gasteiger partial charge in [-0.25, -0.2) is 4.39 Å². The minimum atomic E-state index is -0.212. The van der Waals surface area contributed by atoms with E-state index in [0.717, 1.165) is 42.0 Å². The highest BCUT2D eigenvalue weighted by Gasteiger charge is 2.28. The predicted octanol–water partition coefficient (Wildman–Crippen LogP) is 3.85. The molecular formula is C21H28FN3O. The summed E-state index contributed by atoms with van der Waals surface area (Å²) in [5, 5.41) is 4.61. The molecule has 1 aliphatic rings. The maximum atomic E-state index is 13.5. The maximum Gasteiger partial charge on any atom is 0.227 e. The van der Waals surface area contributed by atoms with Crippen LogP contribution in [0.5, 0.6) is 0 Å². The molecule has 5 heteroatoms. The molecule has 1 fully saturated rings. The molecular weight excluding hydrogens is 329 g/mol. The van der Waals surface area contributed by atoms with Crippen molar-refractivity contribution in [2.24, 2.45) is 5.92 Å². The molecule has 2 aromatic rings. The molecule has 4 nitrogen and oxygen atoms in total. The van der Waals surface area contributed by atoms with Gasteiger partial charge in [-0.05, 0) is 43.9 Å².